The highest BCUT2D eigenvalue weighted by molar-refractivity contribution is 5.81. The molecule has 1 saturated heterocycles. The average molecular weight is 280 g/mol. The number of carbonyl (C=O) groups excluding carboxylic acids is 1. The molecule has 1 unspecified atom stereocenters. The van der Waals surface area contributed by atoms with E-state index in [4.69, 9.17) is 4.74 Å². The Hall–Kier alpha value is -1.62. The smallest absolute Gasteiger partial charge is 0.239 e. The number of ether oxygens (including phenoxy) is 1. The Kier molecular flexibility index (Phi) is 4.95. The first-order chi connectivity index (χ1) is 9.61. The second kappa shape index (κ2) is 6.70. The third kappa shape index (κ3) is 3.48. The van der Waals surface area contributed by atoms with Crippen LogP contribution in [0, 0.1) is 5.82 Å². The van der Waals surface area contributed by atoms with Crippen molar-refractivity contribution in [2.45, 2.75) is 32.4 Å². The fourth-order valence-corrected chi connectivity index (χ4v) is 2.39. The van der Waals surface area contributed by atoms with Crippen molar-refractivity contribution in [3.63, 3.8) is 0 Å². The molecule has 5 heteroatoms. The lowest BCUT2D eigenvalue weighted by Crippen LogP contribution is -2.43. The van der Waals surface area contributed by atoms with Crippen molar-refractivity contribution in [3.05, 3.63) is 29.6 Å². The van der Waals surface area contributed by atoms with Gasteiger partial charge >= 0.3 is 0 Å². The van der Waals surface area contributed by atoms with Gasteiger partial charge in [-0.25, -0.2) is 4.39 Å². The zero-order valence-corrected chi connectivity index (χ0v) is 12.0. The third-order valence-corrected chi connectivity index (χ3v) is 3.62. The number of halogens is 1. The molecule has 1 N–H and O–H groups in total. The molecule has 1 aromatic carbocycles. The Bertz CT molecular complexity index is 473. The van der Waals surface area contributed by atoms with Crippen LogP contribution >= 0.6 is 0 Å². The molecule has 110 valence electrons. The molecule has 1 heterocycles. The average Bonchev–Trinajstić information content (AvgIpc) is 2.98. The Morgan fingerprint density at radius 2 is 2.15 bits per heavy atom. The molecule has 4 nitrogen and oxygen atoms in total. The first-order valence-electron chi connectivity index (χ1n) is 6.96. The van der Waals surface area contributed by atoms with Crippen LogP contribution in [-0.2, 0) is 11.3 Å². The summed E-state index contributed by atoms with van der Waals surface area (Å²) < 4.78 is 18.4. The standard InChI is InChI=1S/C15H21FN2O2/c1-11(15(19)18-7-3-4-8-18)17-10-12-5-6-14(20-2)13(16)9-12/h5-6,9,11,17H,3-4,7-8,10H2,1-2H3. The fraction of sp³-hybridized carbons (Fsp3) is 0.533. The van der Waals surface area contributed by atoms with Gasteiger partial charge in [0.25, 0.3) is 0 Å². The zero-order chi connectivity index (χ0) is 14.5. The van der Waals surface area contributed by atoms with E-state index in [-0.39, 0.29) is 23.5 Å². The highest BCUT2D eigenvalue weighted by Gasteiger charge is 2.22. The van der Waals surface area contributed by atoms with E-state index in [0.717, 1.165) is 31.5 Å². The molecule has 0 spiro atoms. The molecule has 2 rings (SSSR count). The summed E-state index contributed by atoms with van der Waals surface area (Å²) in [6, 6.07) is 4.57. The van der Waals surface area contributed by atoms with E-state index >= 15 is 0 Å². The Labute approximate surface area is 118 Å². The normalized spacial score (nSPS) is 16.2. The minimum atomic E-state index is -0.384. The van der Waals surface area contributed by atoms with Gasteiger partial charge in [-0.2, -0.15) is 0 Å². The molecule has 1 atom stereocenters. The van der Waals surface area contributed by atoms with E-state index in [1.165, 1.54) is 13.2 Å². The van der Waals surface area contributed by atoms with Crippen molar-refractivity contribution in [1.82, 2.24) is 10.2 Å². The lowest BCUT2D eigenvalue weighted by molar-refractivity contribution is -0.131. The molecule has 1 fully saturated rings. The fourth-order valence-electron chi connectivity index (χ4n) is 2.39. The number of benzene rings is 1. The number of likely N-dealkylation sites (tertiary alicyclic amines) is 1. The minimum absolute atomic E-state index is 0.122. The number of hydrogen-bond acceptors (Lipinski definition) is 3. The van der Waals surface area contributed by atoms with E-state index < -0.39 is 0 Å². The second-order valence-corrected chi connectivity index (χ2v) is 5.10. The van der Waals surface area contributed by atoms with Gasteiger partial charge in [0.15, 0.2) is 11.6 Å². The number of amides is 1. The predicted molar refractivity (Wildman–Crippen MR) is 75.1 cm³/mol. The highest BCUT2D eigenvalue weighted by atomic mass is 19.1. The zero-order valence-electron chi connectivity index (χ0n) is 12.0. The summed E-state index contributed by atoms with van der Waals surface area (Å²) in [6.07, 6.45) is 2.17. The molecule has 1 aliphatic rings. The summed E-state index contributed by atoms with van der Waals surface area (Å²) in [6.45, 7) is 4.01. The van der Waals surface area contributed by atoms with Crippen LogP contribution in [-0.4, -0.2) is 37.0 Å². The number of methoxy groups -OCH3 is 1. The van der Waals surface area contributed by atoms with Crippen LogP contribution in [0.2, 0.25) is 0 Å². The summed E-state index contributed by atoms with van der Waals surface area (Å²) >= 11 is 0. The largest absolute Gasteiger partial charge is 0.494 e. The van der Waals surface area contributed by atoms with Crippen molar-refractivity contribution >= 4 is 5.91 Å². The number of hydrogen-bond donors (Lipinski definition) is 1. The van der Waals surface area contributed by atoms with Crippen LogP contribution in [0.5, 0.6) is 5.75 Å². The number of rotatable bonds is 5. The lowest BCUT2D eigenvalue weighted by Gasteiger charge is -2.21. The van der Waals surface area contributed by atoms with Gasteiger partial charge in [-0.3, -0.25) is 4.79 Å². The predicted octanol–water partition coefficient (Wildman–Crippen LogP) is 1.93. The molecule has 0 radical (unpaired) electrons. The Morgan fingerprint density at radius 1 is 1.45 bits per heavy atom. The number of nitrogens with one attached hydrogen (secondary N) is 1. The molecule has 0 aromatic heterocycles. The minimum Gasteiger partial charge on any atom is -0.494 e. The molecule has 0 aliphatic carbocycles. The van der Waals surface area contributed by atoms with Gasteiger partial charge in [0, 0.05) is 19.6 Å². The van der Waals surface area contributed by atoms with Crippen molar-refractivity contribution < 1.29 is 13.9 Å². The molecular formula is C15H21FN2O2. The van der Waals surface area contributed by atoms with Crippen molar-refractivity contribution in [1.29, 1.82) is 0 Å². The van der Waals surface area contributed by atoms with Gasteiger partial charge < -0.3 is 15.0 Å². The topological polar surface area (TPSA) is 41.6 Å². The Morgan fingerprint density at radius 3 is 2.75 bits per heavy atom. The van der Waals surface area contributed by atoms with Crippen LogP contribution in [0.4, 0.5) is 4.39 Å². The van der Waals surface area contributed by atoms with Crippen molar-refractivity contribution in [2.24, 2.45) is 0 Å². The van der Waals surface area contributed by atoms with E-state index in [9.17, 15) is 9.18 Å². The van der Waals surface area contributed by atoms with Gasteiger partial charge in [-0.05, 0) is 37.5 Å². The maximum atomic E-state index is 13.6. The molecule has 1 amide bonds. The third-order valence-electron chi connectivity index (χ3n) is 3.62. The van der Waals surface area contributed by atoms with Crippen LogP contribution in [0.25, 0.3) is 0 Å². The van der Waals surface area contributed by atoms with Crippen LogP contribution in [0.15, 0.2) is 18.2 Å². The number of carbonyl (C=O) groups is 1. The van der Waals surface area contributed by atoms with Gasteiger partial charge in [0.05, 0.1) is 13.2 Å². The van der Waals surface area contributed by atoms with E-state index in [1.807, 2.05) is 11.8 Å². The first-order valence-corrected chi connectivity index (χ1v) is 6.96. The summed E-state index contributed by atoms with van der Waals surface area (Å²) in [5, 5.41) is 3.14. The SMILES string of the molecule is COc1ccc(CNC(C)C(=O)N2CCCC2)cc1F. The van der Waals surface area contributed by atoms with Crippen LogP contribution in [0.1, 0.15) is 25.3 Å². The van der Waals surface area contributed by atoms with E-state index in [2.05, 4.69) is 5.32 Å². The summed E-state index contributed by atoms with van der Waals surface area (Å²) in [4.78, 5) is 14.0. The quantitative estimate of drug-likeness (QED) is 0.896. The maximum Gasteiger partial charge on any atom is 0.239 e. The van der Waals surface area contributed by atoms with Crippen molar-refractivity contribution in [2.75, 3.05) is 20.2 Å². The van der Waals surface area contributed by atoms with E-state index in [1.54, 1.807) is 12.1 Å². The first kappa shape index (κ1) is 14.8. The molecular weight excluding hydrogens is 259 g/mol. The van der Waals surface area contributed by atoms with Crippen molar-refractivity contribution in [3.8, 4) is 5.75 Å². The monoisotopic (exact) mass is 280 g/mol. The van der Waals surface area contributed by atoms with Crippen LogP contribution in [0.3, 0.4) is 0 Å². The van der Waals surface area contributed by atoms with Gasteiger partial charge in [-0.15, -0.1) is 0 Å². The highest BCUT2D eigenvalue weighted by Crippen LogP contribution is 2.17. The summed E-state index contributed by atoms with van der Waals surface area (Å²) in [7, 11) is 1.44. The summed E-state index contributed by atoms with van der Waals surface area (Å²) in [5.74, 6) is -0.0308. The van der Waals surface area contributed by atoms with Gasteiger partial charge in [0.2, 0.25) is 5.91 Å². The van der Waals surface area contributed by atoms with Crippen LogP contribution < -0.4 is 10.1 Å². The lowest BCUT2D eigenvalue weighted by atomic mass is 10.2. The molecule has 1 aromatic rings. The number of nitrogens with zero attached hydrogens (tertiary/aromatic N) is 1. The molecule has 0 bridgehead atoms. The molecule has 20 heavy (non-hydrogen) atoms. The molecule has 1 aliphatic heterocycles. The second-order valence-electron chi connectivity index (χ2n) is 5.10. The van der Waals surface area contributed by atoms with Gasteiger partial charge in [-0.1, -0.05) is 6.07 Å². The molecule has 0 saturated carbocycles. The Balaban J connectivity index is 1.87. The maximum absolute atomic E-state index is 13.6. The van der Waals surface area contributed by atoms with E-state index in [0.29, 0.717) is 6.54 Å². The van der Waals surface area contributed by atoms with Gasteiger partial charge in [0.1, 0.15) is 0 Å². The summed E-state index contributed by atoms with van der Waals surface area (Å²) in [5.41, 5.74) is 0.796.